The first-order valence-electron chi connectivity index (χ1n) is 5.40. The van der Waals surface area contributed by atoms with E-state index in [-0.39, 0.29) is 0 Å². The van der Waals surface area contributed by atoms with E-state index < -0.39 is 0 Å². The van der Waals surface area contributed by atoms with Crippen LogP contribution in [-0.2, 0) is 7.05 Å². The molecule has 6 nitrogen and oxygen atoms in total. The maximum Gasteiger partial charge on any atom is 0.233 e. The van der Waals surface area contributed by atoms with Gasteiger partial charge in [-0.15, -0.1) is 0 Å². The Bertz CT molecular complexity index is 689. The molecule has 0 bridgehead atoms. The molecule has 0 unspecified atom stereocenters. The van der Waals surface area contributed by atoms with Crippen molar-refractivity contribution in [1.29, 1.82) is 0 Å². The third kappa shape index (κ3) is 1.73. The molecule has 2 aromatic heterocycles. The fraction of sp³-hybridized carbons (Fsp3) is 0.0833. The SMILES string of the molecule is Cn1ncc2c(Oc3ccc(N)cc3)ncnc21. The van der Waals surface area contributed by atoms with Crippen molar-refractivity contribution in [2.24, 2.45) is 7.05 Å². The van der Waals surface area contributed by atoms with E-state index in [9.17, 15) is 0 Å². The number of nitrogen functional groups attached to an aromatic ring is 1. The van der Waals surface area contributed by atoms with Crippen molar-refractivity contribution in [3.63, 3.8) is 0 Å². The molecule has 0 aliphatic carbocycles. The molecule has 0 aliphatic rings. The van der Waals surface area contributed by atoms with Crippen LogP contribution < -0.4 is 10.5 Å². The van der Waals surface area contributed by atoms with Crippen molar-refractivity contribution in [2.45, 2.75) is 0 Å². The van der Waals surface area contributed by atoms with Crippen molar-refractivity contribution in [1.82, 2.24) is 19.7 Å². The predicted molar refractivity (Wildman–Crippen MR) is 67.2 cm³/mol. The fourth-order valence-electron chi connectivity index (χ4n) is 1.67. The monoisotopic (exact) mass is 241 g/mol. The van der Waals surface area contributed by atoms with Crippen LogP contribution >= 0.6 is 0 Å². The molecule has 0 spiro atoms. The second-order valence-electron chi connectivity index (χ2n) is 3.86. The first-order valence-corrected chi connectivity index (χ1v) is 5.40. The van der Waals surface area contributed by atoms with E-state index >= 15 is 0 Å². The van der Waals surface area contributed by atoms with Crippen LogP contribution in [0.15, 0.2) is 36.8 Å². The van der Waals surface area contributed by atoms with Gasteiger partial charge in [-0.25, -0.2) is 9.97 Å². The molecule has 0 fully saturated rings. The van der Waals surface area contributed by atoms with Gasteiger partial charge in [-0.2, -0.15) is 5.10 Å². The van der Waals surface area contributed by atoms with E-state index in [1.54, 1.807) is 35.1 Å². The summed E-state index contributed by atoms with van der Waals surface area (Å²) in [6.07, 6.45) is 3.14. The lowest BCUT2D eigenvalue weighted by Gasteiger charge is -2.05. The van der Waals surface area contributed by atoms with Crippen LogP contribution in [0.3, 0.4) is 0 Å². The summed E-state index contributed by atoms with van der Waals surface area (Å²) in [6.45, 7) is 0. The lowest BCUT2D eigenvalue weighted by molar-refractivity contribution is 0.468. The lowest BCUT2D eigenvalue weighted by atomic mass is 10.3. The van der Waals surface area contributed by atoms with Gasteiger partial charge in [0.05, 0.1) is 6.20 Å². The highest BCUT2D eigenvalue weighted by molar-refractivity contribution is 5.79. The van der Waals surface area contributed by atoms with Gasteiger partial charge in [0.1, 0.15) is 17.5 Å². The number of aromatic nitrogens is 4. The Balaban J connectivity index is 2.02. The molecule has 18 heavy (non-hydrogen) atoms. The first-order chi connectivity index (χ1) is 8.74. The summed E-state index contributed by atoms with van der Waals surface area (Å²) >= 11 is 0. The molecule has 0 aliphatic heterocycles. The zero-order chi connectivity index (χ0) is 12.5. The minimum absolute atomic E-state index is 0.484. The van der Waals surface area contributed by atoms with Crippen LogP contribution in [0.2, 0.25) is 0 Å². The van der Waals surface area contributed by atoms with Gasteiger partial charge in [0.25, 0.3) is 0 Å². The molecule has 0 radical (unpaired) electrons. The normalized spacial score (nSPS) is 10.7. The van der Waals surface area contributed by atoms with E-state index in [0.29, 0.717) is 17.3 Å². The molecule has 0 saturated carbocycles. The predicted octanol–water partition coefficient (Wildman–Crippen LogP) is 1.74. The number of fused-ring (bicyclic) bond motifs is 1. The second kappa shape index (κ2) is 3.99. The number of benzene rings is 1. The third-order valence-electron chi connectivity index (χ3n) is 2.59. The molecular weight excluding hydrogens is 230 g/mol. The first kappa shape index (κ1) is 10.5. The quantitative estimate of drug-likeness (QED) is 0.691. The average Bonchev–Trinajstić information content (AvgIpc) is 2.76. The van der Waals surface area contributed by atoms with E-state index in [0.717, 1.165) is 11.0 Å². The van der Waals surface area contributed by atoms with Gasteiger partial charge >= 0.3 is 0 Å². The second-order valence-corrected chi connectivity index (χ2v) is 3.86. The number of aryl methyl sites for hydroxylation is 1. The zero-order valence-corrected chi connectivity index (χ0v) is 9.74. The number of nitrogens with zero attached hydrogens (tertiary/aromatic N) is 4. The van der Waals surface area contributed by atoms with E-state index in [4.69, 9.17) is 10.5 Å². The Hall–Kier alpha value is -2.63. The van der Waals surface area contributed by atoms with Gasteiger partial charge in [0, 0.05) is 12.7 Å². The summed E-state index contributed by atoms with van der Waals surface area (Å²) in [4.78, 5) is 8.27. The van der Waals surface area contributed by atoms with Gasteiger partial charge < -0.3 is 10.5 Å². The molecule has 3 rings (SSSR count). The van der Waals surface area contributed by atoms with Crippen molar-refractivity contribution >= 4 is 16.7 Å². The van der Waals surface area contributed by atoms with Crippen LogP contribution in [0.25, 0.3) is 11.0 Å². The summed E-state index contributed by atoms with van der Waals surface area (Å²) in [5, 5.41) is 4.90. The average molecular weight is 241 g/mol. The molecule has 2 heterocycles. The zero-order valence-electron chi connectivity index (χ0n) is 9.74. The third-order valence-corrected chi connectivity index (χ3v) is 2.59. The van der Waals surface area contributed by atoms with Gasteiger partial charge in [-0.1, -0.05) is 0 Å². The van der Waals surface area contributed by atoms with Crippen LogP contribution in [-0.4, -0.2) is 19.7 Å². The van der Waals surface area contributed by atoms with Crippen molar-refractivity contribution in [2.75, 3.05) is 5.73 Å². The highest BCUT2D eigenvalue weighted by atomic mass is 16.5. The number of nitrogens with two attached hydrogens (primary N) is 1. The highest BCUT2D eigenvalue weighted by Gasteiger charge is 2.09. The summed E-state index contributed by atoms with van der Waals surface area (Å²) in [5.41, 5.74) is 7.04. The Morgan fingerprint density at radius 1 is 1.17 bits per heavy atom. The van der Waals surface area contributed by atoms with Crippen molar-refractivity contribution in [3.05, 3.63) is 36.8 Å². The summed E-state index contributed by atoms with van der Waals surface area (Å²) < 4.78 is 7.37. The van der Waals surface area contributed by atoms with Gasteiger partial charge in [-0.05, 0) is 24.3 Å². The largest absolute Gasteiger partial charge is 0.438 e. The summed E-state index contributed by atoms with van der Waals surface area (Å²) in [7, 11) is 1.82. The lowest BCUT2D eigenvalue weighted by Crippen LogP contribution is -1.94. The maximum absolute atomic E-state index is 5.70. The summed E-state index contributed by atoms with van der Waals surface area (Å²) in [6, 6.07) is 7.13. The van der Waals surface area contributed by atoms with Crippen LogP contribution in [0.4, 0.5) is 5.69 Å². The fourth-order valence-corrected chi connectivity index (χ4v) is 1.67. The molecule has 0 atom stereocenters. The Morgan fingerprint density at radius 3 is 2.72 bits per heavy atom. The number of anilines is 1. The smallest absolute Gasteiger partial charge is 0.233 e. The number of rotatable bonds is 2. The van der Waals surface area contributed by atoms with Crippen LogP contribution in [0, 0.1) is 0 Å². The number of hydrogen-bond donors (Lipinski definition) is 1. The number of ether oxygens (including phenoxy) is 1. The van der Waals surface area contributed by atoms with Crippen LogP contribution in [0.1, 0.15) is 0 Å². The standard InChI is InChI=1S/C12H11N5O/c1-17-11-10(6-16-17)12(15-7-14-11)18-9-4-2-8(13)3-5-9/h2-7H,13H2,1H3. The molecule has 0 saturated heterocycles. The topological polar surface area (TPSA) is 78.9 Å². The van der Waals surface area contributed by atoms with Gasteiger partial charge in [-0.3, -0.25) is 4.68 Å². The van der Waals surface area contributed by atoms with E-state index in [1.165, 1.54) is 6.33 Å². The Labute approximate surface area is 103 Å². The maximum atomic E-state index is 5.70. The van der Waals surface area contributed by atoms with Crippen LogP contribution in [0.5, 0.6) is 11.6 Å². The molecule has 90 valence electrons. The van der Waals surface area contributed by atoms with Gasteiger partial charge in [0.15, 0.2) is 5.65 Å². The minimum atomic E-state index is 0.484. The molecule has 6 heteroatoms. The van der Waals surface area contributed by atoms with Crippen molar-refractivity contribution < 1.29 is 4.74 Å². The molecule has 1 aromatic carbocycles. The molecule has 2 N–H and O–H groups in total. The molecular formula is C12H11N5O. The Kier molecular flexibility index (Phi) is 2.33. The van der Waals surface area contributed by atoms with Crippen molar-refractivity contribution in [3.8, 4) is 11.6 Å². The van der Waals surface area contributed by atoms with E-state index in [2.05, 4.69) is 15.1 Å². The van der Waals surface area contributed by atoms with E-state index in [1.807, 2.05) is 7.05 Å². The molecule has 3 aromatic rings. The Morgan fingerprint density at radius 2 is 1.94 bits per heavy atom. The molecule has 0 amide bonds. The highest BCUT2D eigenvalue weighted by Crippen LogP contribution is 2.26. The summed E-state index contributed by atoms with van der Waals surface area (Å²) in [5.74, 6) is 1.16. The minimum Gasteiger partial charge on any atom is -0.438 e. The van der Waals surface area contributed by atoms with Gasteiger partial charge in [0.2, 0.25) is 5.88 Å². The number of hydrogen-bond acceptors (Lipinski definition) is 5.